The van der Waals surface area contributed by atoms with Gasteiger partial charge in [0.05, 0.1) is 11.9 Å². The molecule has 0 aliphatic heterocycles. The zero-order chi connectivity index (χ0) is 13.9. The molecule has 0 radical (unpaired) electrons. The van der Waals surface area contributed by atoms with Crippen molar-refractivity contribution in [2.24, 2.45) is 0 Å². The number of rotatable bonds is 3. The van der Waals surface area contributed by atoms with Crippen molar-refractivity contribution < 1.29 is 9.90 Å². The number of H-pyrrole nitrogens is 1. The van der Waals surface area contributed by atoms with E-state index in [0.29, 0.717) is 11.6 Å². The number of nitrogens with one attached hydrogen (secondary N) is 1. The fourth-order valence-corrected chi connectivity index (χ4v) is 3.03. The zero-order valence-corrected chi connectivity index (χ0v) is 11.3. The van der Waals surface area contributed by atoms with Gasteiger partial charge in [-0.05, 0) is 24.3 Å². The van der Waals surface area contributed by atoms with Crippen molar-refractivity contribution in [2.75, 3.05) is 0 Å². The van der Waals surface area contributed by atoms with Gasteiger partial charge in [0.2, 0.25) is 0 Å². The monoisotopic (exact) mass is 270 g/mol. The number of nitrogens with zero attached hydrogens (tertiary/aromatic N) is 1. The van der Waals surface area contributed by atoms with Crippen LogP contribution in [0, 0.1) is 0 Å². The van der Waals surface area contributed by atoms with Gasteiger partial charge in [-0.15, -0.1) is 0 Å². The van der Waals surface area contributed by atoms with Gasteiger partial charge in [-0.25, -0.2) is 4.79 Å². The molecule has 1 aliphatic carbocycles. The predicted octanol–water partition coefficient (Wildman–Crippen LogP) is 3.82. The highest BCUT2D eigenvalue weighted by molar-refractivity contribution is 5.94. The van der Waals surface area contributed by atoms with Crippen LogP contribution in [0.1, 0.15) is 53.9 Å². The minimum absolute atomic E-state index is 0.218. The molecule has 1 fully saturated rings. The molecule has 104 valence electrons. The first kappa shape index (κ1) is 12.9. The summed E-state index contributed by atoms with van der Waals surface area (Å²) >= 11 is 0. The minimum Gasteiger partial charge on any atom is -0.478 e. The van der Waals surface area contributed by atoms with Gasteiger partial charge in [0.1, 0.15) is 5.56 Å². The Hall–Kier alpha value is -2.10. The number of aromatic nitrogens is 2. The van der Waals surface area contributed by atoms with Crippen molar-refractivity contribution >= 4 is 5.97 Å². The lowest BCUT2D eigenvalue weighted by Crippen LogP contribution is -2.04. The van der Waals surface area contributed by atoms with Gasteiger partial charge >= 0.3 is 5.97 Å². The van der Waals surface area contributed by atoms with Gasteiger partial charge in [-0.2, -0.15) is 5.10 Å². The van der Waals surface area contributed by atoms with Crippen LogP contribution in [0.3, 0.4) is 0 Å². The standard InChI is InChI=1S/C16H18N2O2/c19-16(20)14-10-17-18-15(14)13-8-6-12(7-9-13)11-4-2-1-3-5-11/h6-11H,1-5H2,(H,17,18)(H,19,20). The summed E-state index contributed by atoms with van der Waals surface area (Å²) in [5.41, 5.74) is 3.03. The molecule has 1 aromatic carbocycles. The molecule has 4 heteroatoms. The molecule has 1 heterocycles. The van der Waals surface area contributed by atoms with Crippen LogP contribution in [0.15, 0.2) is 30.5 Å². The van der Waals surface area contributed by atoms with Gasteiger partial charge in [0, 0.05) is 5.56 Å². The van der Waals surface area contributed by atoms with E-state index >= 15 is 0 Å². The molecule has 0 spiro atoms. The summed E-state index contributed by atoms with van der Waals surface area (Å²) < 4.78 is 0. The molecule has 1 aromatic heterocycles. The van der Waals surface area contributed by atoms with E-state index in [4.69, 9.17) is 5.11 Å². The van der Waals surface area contributed by atoms with E-state index in [1.54, 1.807) is 0 Å². The van der Waals surface area contributed by atoms with E-state index < -0.39 is 5.97 Å². The SMILES string of the molecule is O=C(O)c1cn[nH]c1-c1ccc(C2CCCCC2)cc1. The van der Waals surface area contributed by atoms with E-state index in [-0.39, 0.29) is 5.56 Å². The van der Waals surface area contributed by atoms with Gasteiger partial charge in [-0.1, -0.05) is 43.5 Å². The Morgan fingerprint density at radius 3 is 2.50 bits per heavy atom. The first-order chi connectivity index (χ1) is 9.75. The molecular formula is C16H18N2O2. The molecule has 20 heavy (non-hydrogen) atoms. The third kappa shape index (κ3) is 2.46. The van der Waals surface area contributed by atoms with E-state index in [1.807, 2.05) is 12.1 Å². The fraction of sp³-hybridized carbons (Fsp3) is 0.375. The van der Waals surface area contributed by atoms with Gasteiger partial charge in [0.25, 0.3) is 0 Å². The Morgan fingerprint density at radius 1 is 1.15 bits per heavy atom. The van der Waals surface area contributed by atoms with Gasteiger partial charge in [0.15, 0.2) is 0 Å². The van der Waals surface area contributed by atoms with E-state index in [0.717, 1.165) is 5.56 Å². The molecular weight excluding hydrogens is 252 g/mol. The molecule has 0 atom stereocenters. The lowest BCUT2D eigenvalue weighted by molar-refractivity contribution is 0.0698. The van der Waals surface area contributed by atoms with E-state index in [9.17, 15) is 4.79 Å². The smallest absolute Gasteiger partial charge is 0.339 e. The largest absolute Gasteiger partial charge is 0.478 e. The highest BCUT2D eigenvalue weighted by atomic mass is 16.4. The van der Waals surface area contributed by atoms with Crippen molar-refractivity contribution in [3.05, 3.63) is 41.6 Å². The number of carboxylic acid groups (broad SMARTS) is 1. The Balaban J connectivity index is 1.85. The highest BCUT2D eigenvalue weighted by Gasteiger charge is 2.17. The molecule has 4 nitrogen and oxygen atoms in total. The fourth-order valence-electron chi connectivity index (χ4n) is 3.03. The van der Waals surface area contributed by atoms with Gasteiger partial charge in [-0.3, -0.25) is 5.10 Å². The lowest BCUT2D eigenvalue weighted by Gasteiger charge is -2.22. The maximum absolute atomic E-state index is 11.1. The number of carbonyl (C=O) groups is 1. The van der Waals surface area contributed by atoms with Crippen LogP contribution >= 0.6 is 0 Å². The average Bonchev–Trinajstić information content (AvgIpc) is 2.98. The van der Waals surface area contributed by atoms with Crippen molar-refractivity contribution in [3.63, 3.8) is 0 Å². The summed E-state index contributed by atoms with van der Waals surface area (Å²) in [5.74, 6) is -0.288. The number of aromatic amines is 1. The first-order valence-corrected chi connectivity index (χ1v) is 7.12. The van der Waals surface area contributed by atoms with Crippen LogP contribution < -0.4 is 0 Å². The summed E-state index contributed by atoms with van der Waals surface area (Å²) in [7, 11) is 0. The van der Waals surface area contributed by atoms with Crippen LogP contribution in [-0.2, 0) is 0 Å². The van der Waals surface area contributed by atoms with Crippen LogP contribution in [0.5, 0.6) is 0 Å². The molecule has 0 amide bonds. The highest BCUT2D eigenvalue weighted by Crippen LogP contribution is 2.33. The number of aromatic carboxylic acids is 1. The second kappa shape index (κ2) is 5.49. The van der Waals surface area contributed by atoms with Crippen molar-refractivity contribution in [1.82, 2.24) is 10.2 Å². The Kier molecular flexibility index (Phi) is 3.54. The number of carboxylic acids is 1. The van der Waals surface area contributed by atoms with Gasteiger partial charge < -0.3 is 5.11 Å². The molecule has 0 bridgehead atoms. The predicted molar refractivity (Wildman–Crippen MR) is 76.8 cm³/mol. The second-order valence-corrected chi connectivity index (χ2v) is 5.42. The normalized spacial score (nSPS) is 16.2. The third-order valence-corrected chi connectivity index (χ3v) is 4.15. The summed E-state index contributed by atoms with van der Waals surface area (Å²) in [5, 5.41) is 15.7. The Labute approximate surface area is 117 Å². The summed E-state index contributed by atoms with van der Waals surface area (Å²) in [6.45, 7) is 0. The number of benzene rings is 1. The zero-order valence-electron chi connectivity index (χ0n) is 11.3. The quantitative estimate of drug-likeness (QED) is 0.891. The van der Waals surface area contributed by atoms with Crippen LogP contribution in [0.2, 0.25) is 0 Å². The van der Waals surface area contributed by atoms with E-state index in [1.165, 1.54) is 43.9 Å². The lowest BCUT2D eigenvalue weighted by atomic mass is 9.84. The molecule has 0 saturated heterocycles. The summed E-state index contributed by atoms with van der Waals surface area (Å²) in [4.78, 5) is 11.1. The average molecular weight is 270 g/mol. The Bertz CT molecular complexity index is 595. The minimum atomic E-state index is -0.954. The van der Waals surface area contributed by atoms with Crippen LogP contribution in [-0.4, -0.2) is 21.3 Å². The van der Waals surface area contributed by atoms with Crippen LogP contribution in [0.4, 0.5) is 0 Å². The van der Waals surface area contributed by atoms with E-state index in [2.05, 4.69) is 22.3 Å². The number of hydrogen-bond donors (Lipinski definition) is 2. The third-order valence-electron chi connectivity index (χ3n) is 4.15. The molecule has 2 N–H and O–H groups in total. The maximum atomic E-state index is 11.1. The number of hydrogen-bond acceptors (Lipinski definition) is 2. The molecule has 0 unspecified atom stereocenters. The molecule has 2 aromatic rings. The second-order valence-electron chi connectivity index (χ2n) is 5.42. The Morgan fingerprint density at radius 2 is 1.85 bits per heavy atom. The van der Waals surface area contributed by atoms with Crippen molar-refractivity contribution in [1.29, 1.82) is 0 Å². The summed E-state index contributed by atoms with van der Waals surface area (Å²) in [6, 6.07) is 8.23. The molecule has 3 rings (SSSR count). The maximum Gasteiger partial charge on any atom is 0.339 e. The van der Waals surface area contributed by atoms with Crippen molar-refractivity contribution in [2.45, 2.75) is 38.0 Å². The first-order valence-electron chi connectivity index (χ1n) is 7.12. The molecule has 1 aliphatic rings. The summed E-state index contributed by atoms with van der Waals surface area (Å²) in [6.07, 6.45) is 7.87. The topological polar surface area (TPSA) is 66.0 Å². The molecule has 1 saturated carbocycles. The van der Waals surface area contributed by atoms with Crippen molar-refractivity contribution in [3.8, 4) is 11.3 Å². The van der Waals surface area contributed by atoms with Crippen LogP contribution in [0.25, 0.3) is 11.3 Å².